The molecular weight excluding hydrogens is 423 g/mol. The van der Waals surface area contributed by atoms with Gasteiger partial charge in [-0.25, -0.2) is 4.21 Å². The molecule has 0 saturated heterocycles. The van der Waals surface area contributed by atoms with Crippen LogP contribution in [-0.2, 0) is 22.3 Å². The Kier molecular flexibility index (Phi) is 8.03. The number of amidine groups is 2. The van der Waals surface area contributed by atoms with Crippen molar-refractivity contribution in [1.82, 2.24) is 5.32 Å². The van der Waals surface area contributed by atoms with E-state index in [-0.39, 0.29) is 11.6 Å². The molecule has 0 aliphatic carbocycles. The monoisotopic (exact) mass is 452 g/mol. The van der Waals surface area contributed by atoms with E-state index in [1.807, 2.05) is 19.1 Å². The van der Waals surface area contributed by atoms with Crippen LogP contribution in [0.2, 0.25) is 0 Å². The third-order valence-electron chi connectivity index (χ3n) is 3.64. The van der Waals surface area contributed by atoms with Gasteiger partial charge in [0.05, 0.1) is 17.5 Å². The maximum Gasteiger partial charge on any atom is 0.269 e. The lowest BCUT2D eigenvalue weighted by Gasteiger charge is -2.15. The quantitative estimate of drug-likeness (QED) is 0.480. The molecule has 0 spiro atoms. The van der Waals surface area contributed by atoms with Gasteiger partial charge < -0.3 is 24.7 Å². The first-order valence-corrected chi connectivity index (χ1v) is 13.2. The standard InChI is InChI=1S/C16H19N4O4PS.C4H10/c1-10-7-8-11(24-10)9-17-15-16(20-26(23)19-15)18-12-5-4-6-13(14(12)21)25(2,3)22;1-4(2)3/h4-8,21H,9H2,1-3H3,(H,17,19)(H,18,20);4H,1-3H3. The normalized spacial score (nSPS) is 15.9. The molecule has 1 atom stereocenters. The van der Waals surface area contributed by atoms with Gasteiger partial charge in [0, 0.05) is 0 Å². The summed E-state index contributed by atoms with van der Waals surface area (Å²) >= 11 is -1.75. The summed E-state index contributed by atoms with van der Waals surface area (Å²) in [6.45, 7) is 11.8. The summed E-state index contributed by atoms with van der Waals surface area (Å²) in [5, 5.41) is 16.7. The van der Waals surface area contributed by atoms with Crippen molar-refractivity contribution in [1.29, 1.82) is 0 Å². The molecule has 8 nitrogen and oxygen atoms in total. The van der Waals surface area contributed by atoms with E-state index < -0.39 is 18.3 Å². The van der Waals surface area contributed by atoms with Gasteiger partial charge in [0.25, 0.3) is 11.2 Å². The lowest BCUT2D eigenvalue weighted by molar-refractivity contribution is 0.478. The highest BCUT2D eigenvalue weighted by Gasteiger charge is 2.23. The Bertz CT molecular complexity index is 1020. The first-order chi connectivity index (χ1) is 14.0. The van der Waals surface area contributed by atoms with Gasteiger partial charge in [0.1, 0.15) is 24.4 Å². The van der Waals surface area contributed by atoms with Crippen molar-refractivity contribution in [3.63, 3.8) is 0 Å². The fourth-order valence-electron chi connectivity index (χ4n) is 2.41. The van der Waals surface area contributed by atoms with Crippen LogP contribution in [0.1, 0.15) is 32.3 Å². The summed E-state index contributed by atoms with van der Waals surface area (Å²) in [5.41, 5.74) is 0.312. The maximum absolute atomic E-state index is 12.3. The predicted molar refractivity (Wildman–Crippen MR) is 125 cm³/mol. The van der Waals surface area contributed by atoms with E-state index in [1.165, 1.54) is 0 Å². The minimum Gasteiger partial charge on any atom is -0.505 e. The van der Waals surface area contributed by atoms with E-state index in [0.29, 0.717) is 29.1 Å². The molecule has 1 unspecified atom stereocenters. The van der Waals surface area contributed by atoms with Crippen molar-refractivity contribution in [2.24, 2.45) is 14.7 Å². The SMILES string of the molecule is CC(C)C.Cc1ccc(CNC2=NS(=O)N=C2Nc2cccc(P(C)(C)=O)c2O)o1. The van der Waals surface area contributed by atoms with E-state index in [9.17, 15) is 13.9 Å². The summed E-state index contributed by atoms with van der Waals surface area (Å²) in [7, 11) is -2.65. The highest BCUT2D eigenvalue weighted by Crippen LogP contribution is 2.40. The smallest absolute Gasteiger partial charge is 0.269 e. The second-order valence-corrected chi connectivity index (χ2v) is 11.9. The van der Waals surface area contributed by atoms with Gasteiger partial charge in [0.2, 0.25) is 0 Å². The Morgan fingerprint density at radius 3 is 2.33 bits per heavy atom. The Morgan fingerprint density at radius 1 is 1.13 bits per heavy atom. The van der Waals surface area contributed by atoms with Gasteiger partial charge in [-0.3, -0.25) is 0 Å². The molecule has 1 aliphatic rings. The van der Waals surface area contributed by atoms with Crippen molar-refractivity contribution in [2.75, 3.05) is 18.6 Å². The molecule has 164 valence electrons. The number of para-hydroxylation sites is 1. The van der Waals surface area contributed by atoms with Crippen LogP contribution in [-0.4, -0.2) is 34.3 Å². The molecular formula is C20H29N4O4PS. The number of anilines is 1. The van der Waals surface area contributed by atoms with Crippen molar-refractivity contribution in [2.45, 2.75) is 34.2 Å². The summed E-state index contributed by atoms with van der Waals surface area (Å²) in [5.74, 6) is 2.71. The third kappa shape index (κ3) is 6.85. The Morgan fingerprint density at radius 2 is 1.77 bits per heavy atom. The second-order valence-electron chi connectivity index (χ2n) is 7.86. The number of hydrogen-bond donors (Lipinski definition) is 3. The van der Waals surface area contributed by atoms with E-state index in [1.54, 1.807) is 31.5 Å². The van der Waals surface area contributed by atoms with Crippen molar-refractivity contribution >= 4 is 41.0 Å². The van der Waals surface area contributed by atoms with Crippen LogP contribution in [0.5, 0.6) is 5.75 Å². The first-order valence-electron chi connectivity index (χ1n) is 9.51. The minimum atomic E-state index is -2.65. The zero-order valence-electron chi connectivity index (χ0n) is 18.1. The number of rotatable bonds is 4. The Labute approximate surface area is 180 Å². The molecule has 3 rings (SSSR count). The van der Waals surface area contributed by atoms with E-state index in [0.717, 1.165) is 11.7 Å². The molecule has 30 heavy (non-hydrogen) atoms. The molecule has 2 aromatic rings. The average molecular weight is 453 g/mol. The summed E-state index contributed by atoms with van der Waals surface area (Å²) < 4.78 is 37.3. The predicted octanol–water partition coefficient (Wildman–Crippen LogP) is 3.79. The minimum absolute atomic E-state index is 0.123. The van der Waals surface area contributed by atoms with Gasteiger partial charge in [0.15, 0.2) is 11.7 Å². The fourth-order valence-corrected chi connectivity index (χ4v) is 4.12. The van der Waals surface area contributed by atoms with Crippen LogP contribution >= 0.6 is 7.14 Å². The van der Waals surface area contributed by atoms with Gasteiger partial charge in [-0.15, -0.1) is 8.80 Å². The van der Waals surface area contributed by atoms with Crippen molar-refractivity contribution in [3.8, 4) is 5.75 Å². The van der Waals surface area contributed by atoms with Crippen molar-refractivity contribution < 1.29 is 18.3 Å². The number of nitrogens with zero attached hydrogens (tertiary/aromatic N) is 2. The number of aryl methyl sites for hydroxylation is 1. The molecule has 0 radical (unpaired) electrons. The van der Waals surface area contributed by atoms with Gasteiger partial charge >= 0.3 is 0 Å². The molecule has 0 amide bonds. The number of furan rings is 1. The lowest BCUT2D eigenvalue weighted by atomic mass is 10.3. The van der Waals surface area contributed by atoms with Crippen LogP contribution in [0, 0.1) is 12.8 Å². The number of nitrogens with one attached hydrogen (secondary N) is 2. The number of benzene rings is 1. The molecule has 1 aromatic carbocycles. The van der Waals surface area contributed by atoms with Crippen LogP contribution in [0.3, 0.4) is 0 Å². The van der Waals surface area contributed by atoms with Crippen molar-refractivity contribution in [3.05, 3.63) is 41.9 Å². The third-order valence-corrected chi connectivity index (χ3v) is 5.84. The average Bonchev–Trinajstić information content (AvgIpc) is 3.18. The molecule has 3 N–H and O–H groups in total. The van der Waals surface area contributed by atoms with E-state index in [4.69, 9.17) is 4.42 Å². The number of aromatic hydroxyl groups is 1. The molecule has 0 saturated carbocycles. The maximum atomic E-state index is 12.3. The van der Waals surface area contributed by atoms with Crippen LogP contribution in [0.25, 0.3) is 0 Å². The zero-order chi connectivity index (χ0) is 22.5. The second kappa shape index (κ2) is 10.1. The van der Waals surface area contributed by atoms with Gasteiger partial charge in [-0.1, -0.05) is 26.8 Å². The summed E-state index contributed by atoms with van der Waals surface area (Å²) in [4.78, 5) is 0. The van der Waals surface area contributed by atoms with Crippen LogP contribution in [0.15, 0.2) is 43.5 Å². The number of hydrogen-bond acceptors (Lipinski definition) is 6. The molecule has 1 aromatic heterocycles. The molecule has 2 heterocycles. The largest absolute Gasteiger partial charge is 0.505 e. The fraction of sp³-hybridized carbons (Fsp3) is 0.400. The zero-order valence-corrected chi connectivity index (χ0v) is 19.8. The molecule has 1 aliphatic heterocycles. The molecule has 0 fully saturated rings. The van der Waals surface area contributed by atoms with E-state index in [2.05, 4.69) is 40.2 Å². The highest BCUT2D eigenvalue weighted by molar-refractivity contribution is 7.83. The summed E-state index contributed by atoms with van der Waals surface area (Å²) in [6.07, 6.45) is 0. The highest BCUT2D eigenvalue weighted by atomic mass is 32.2. The molecule has 0 bridgehead atoms. The first kappa shape index (κ1) is 23.9. The van der Waals surface area contributed by atoms with Gasteiger partial charge in [-0.2, -0.15) is 0 Å². The summed E-state index contributed by atoms with van der Waals surface area (Å²) in [6, 6.07) is 8.58. The number of phenols is 1. The lowest BCUT2D eigenvalue weighted by Crippen LogP contribution is -2.33. The topological polar surface area (TPSA) is 116 Å². The van der Waals surface area contributed by atoms with E-state index >= 15 is 0 Å². The van der Waals surface area contributed by atoms with Crippen LogP contribution in [0.4, 0.5) is 5.69 Å². The van der Waals surface area contributed by atoms with Gasteiger partial charge in [-0.05, 0) is 50.4 Å². The Balaban J connectivity index is 0.000000735. The van der Waals surface area contributed by atoms with Crippen LogP contribution < -0.4 is 15.9 Å². The molecule has 10 heteroatoms. The number of phenolic OH excluding ortho intramolecular Hbond substituents is 1. The Hall–Kier alpha value is -2.38.